The molecule has 4 aromatic rings. The third kappa shape index (κ3) is 3.45. The van der Waals surface area contributed by atoms with Crippen molar-refractivity contribution in [3.05, 3.63) is 144 Å². The van der Waals surface area contributed by atoms with Gasteiger partial charge in [-0.25, -0.2) is 4.79 Å². The minimum Gasteiger partial charge on any atom is -0.447 e. The van der Waals surface area contributed by atoms with Crippen LogP contribution in [0.25, 0.3) is 0 Å². The van der Waals surface area contributed by atoms with Gasteiger partial charge in [0.1, 0.15) is 6.10 Å². The van der Waals surface area contributed by atoms with Crippen LogP contribution in [0.5, 0.6) is 0 Å². The van der Waals surface area contributed by atoms with Gasteiger partial charge in [0, 0.05) is 0 Å². The molecule has 4 rings (SSSR count). The predicted molar refractivity (Wildman–Crippen MR) is 115 cm³/mol. The van der Waals surface area contributed by atoms with Gasteiger partial charge >= 0.3 is 6.47 Å². The Morgan fingerprint density at radius 1 is 0.552 bits per heavy atom. The molecule has 0 aliphatic carbocycles. The van der Waals surface area contributed by atoms with Gasteiger partial charge in [-0.3, -0.25) is 0 Å². The van der Waals surface area contributed by atoms with Gasteiger partial charge in [-0.05, 0) is 22.3 Å². The zero-order valence-corrected chi connectivity index (χ0v) is 15.9. The molecular formula is C27H21O2. The summed E-state index contributed by atoms with van der Waals surface area (Å²) in [5.74, 6) is 0. The Morgan fingerprint density at radius 3 is 1.24 bits per heavy atom. The first-order chi connectivity index (χ1) is 14.4. The highest BCUT2D eigenvalue weighted by Crippen LogP contribution is 2.49. The van der Waals surface area contributed by atoms with E-state index >= 15 is 0 Å². The second kappa shape index (κ2) is 8.57. The molecule has 1 radical (unpaired) electrons. The SMILES string of the molecule is O=[C]OC(c1ccccc1)C(c1ccccc1)(c1ccccc1)c1ccccc1. The molecular weight excluding hydrogens is 356 g/mol. The van der Waals surface area contributed by atoms with E-state index in [0.717, 1.165) is 22.3 Å². The Morgan fingerprint density at radius 2 is 0.897 bits per heavy atom. The smallest absolute Gasteiger partial charge is 0.418 e. The Kier molecular flexibility index (Phi) is 5.53. The first-order valence-electron chi connectivity index (χ1n) is 9.61. The van der Waals surface area contributed by atoms with Gasteiger partial charge in [0.2, 0.25) is 0 Å². The number of ether oxygens (including phenoxy) is 1. The lowest BCUT2D eigenvalue weighted by atomic mass is 9.64. The zero-order valence-electron chi connectivity index (χ0n) is 15.9. The summed E-state index contributed by atoms with van der Waals surface area (Å²) in [6, 6.07) is 40.5. The van der Waals surface area contributed by atoms with Crippen LogP contribution in [0.2, 0.25) is 0 Å². The minimum atomic E-state index is -0.734. The molecule has 2 nitrogen and oxygen atoms in total. The largest absolute Gasteiger partial charge is 0.447 e. The summed E-state index contributed by atoms with van der Waals surface area (Å²) in [5, 5.41) is 0. The molecule has 0 heterocycles. The van der Waals surface area contributed by atoms with E-state index in [-0.39, 0.29) is 0 Å². The van der Waals surface area contributed by atoms with E-state index in [1.165, 1.54) is 0 Å². The molecule has 0 aromatic heterocycles. The Balaban J connectivity index is 2.11. The highest BCUT2D eigenvalue weighted by Gasteiger charge is 2.46. The molecule has 4 aromatic carbocycles. The van der Waals surface area contributed by atoms with Crippen molar-refractivity contribution in [2.24, 2.45) is 0 Å². The van der Waals surface area contributed by atoms with Gasteiger partial charge in [-0.1, -0.05) is 121 Å². The molecule has 0 spiro atoms. The van der Waals surface area contributed by atoms with Crippen molar-refractivity contribution in [2.75, 3.05) is 0 Å². The molecule has 29 heavy (non-hydrogen) atoms. The van der Waals surface area contributed by atoms with E-state index in [4.69, 9.17) is 4.74 Å². The number of rotatable bonds is 7. The molecule has 0 aliphatic heterocycles. The van der Waals surface area contributed by atoms with Crippen LogP contribution in [-0.2, 0) is 14.9 Å². The molecule has 0 fully saturated rings. The lowest BCUT2D eigenvalue weighted by Gasteiger charge is -2.41. The summed E-state index contributed by atoms with van der Waals surface area (Å²) >= 11 is 0. The van der Waals surface area contributed by atoms with Crippen molar-refractivity contribution in [2.45, 2.75) is 11.5 Å². The van der Waals surface area contributed by atoms with E-state index in [2.05, 4.69) is 36.4 Å². The van der Waals surface area contributed by atoms with Crippen molar-refractivity contribution in [1.29, 1.82) is 0 Å². The average Bonchev–Trinajstić information content (AvgIpc) is 2.82. The van der Waals surface area contributed by atoms with Crippen LogP contribution in [0.1, 0.15) is 28.4 Å². The van der Waals surface area contributed by atoms with Crippen LogP contribution >= 0.6 is 0 Å². The summed E-state index contributed by atoms with van der Waals surface area (Å²) in [6.45, 7) is 1.73. The lowest BCUT2D eigenvalue weighted by molar-refractivity contribution is 0.128. The Hall–Kier alpha value is -3.65. The summed E-state index contributed by atoms with van der Waals surface area (Å²) in [4.78, 5) is 11.6. The normalized spacial score (nSPS) is 12.1. The summed E-state index contributed by atoms with van der Waals surface area (Å²) in [5.41, 5.74) is 3.31. The second-order valence-electron chi connectivity index (χ2n) is 6.90. The monoisotopic (exact) mass is 377 g/mol. The van der Waals surface area contributed by atoms with Crippen molar-refractivity contribution in [3.8, 4) is 0 Å². The maximum atomic E-state index is 11.6. The van der Waals surface area contributed by atoms with Crippen LogP contribution in [0.3, 0.4) is 0 Å². The van der Waals surface area contributed by atoms with Crippen LogP contribution in [0.4, 0.5) is 0 Å². The molecule has 0 saturated carbocycles. The molecule has 141 valence electrons. The van der Waals surface area contributed by atoms with E-state index in [1.807, 2.05) is 84.9 Å². The summed E-state index contributed by atoms with van der Waals surface area (Å²) in [7, 11) is 0. The Labute approximate surface area is 171 Å². The van der Waals surface area contributed by atoms with Crippen LogP contribution in [-0.4, -0.2) is 6.47 Å². The van der Waals surface area contributed by atoms with E-state index < -0.39 is 11.5 Å². The van der Waals surface area contributed by atoms with E-state index in [0.29, 0.717) is 0 Å². The fraction of sp³-hybridized carbons (Fsp3) is 0.0741. The third-order valence-corrected chi connectivity index (χ3v) is 5.35. The van der Waals surface area contributed by atoms with Gasteiger partial charge in [0.25, 0.3) is 0 Å². The van der Waals surface area contributed by atoms with E-state index in [9.17, 15) is 4.79 Å². The fourth-order valence-corrected chi connectivity index (χ4v) is 4.14. The summed E-state index contributed by atoms with van der Waals surface area (Å²) in [6.07, 6.45) is -0.589. The topological polar surface area (TPSA) is 26.3 Å². The highest BCUT2D eigenvalue weighted by molar-refractivity contribution is 5.55. The van der Waals surface area contributed by atoms with E-state index in [1.54, 1.807) is 6.47 Å². The van der Waals surface area contributed by atoms with Crippen molar-refractivity contribution in [1.82, 2.24) is 0 Å². The van der Waals surface area contributed by atoms with Crippen LogP contribution in [0, 0.1) is 0 Å². The van der Waals surface area contributed by atoms with Gasteiger partial charge < -0.3 is 4.74 Å². The molecule has 1 unspecified atom stereocenters. The molecule has 0 saturated heterocycles. The van der Waals surface area contributed by atoms with Crippen molar-refractivity contribution < 1.29 is 9.53 Å². The molecule has 0 bridgehead atoms. The maximum Gasteiger partial charge on any atom is 0.418 e. The number of hydrogen-bond donors (Lipinski definition) is 0. The molecule has 0 amide bonds. The summed E-state index contributed by atoms with van der Waals surface area (Å²) < 4.78 is 5.75. The lowest BCUT2D eigenvalue weighted by Crippen LogP contribution is -2.38. The quantitative estimate of drug-likeness (QED) is 0.378. The van der Waals surface area contributed by atoms with Crippen LogP contribution < -0.4 is 0 Å². The van der Waals surface area contributed by atoms with Crippen molar-refractivity contribution >= 4 is 6.47 Å². The molecule has 0 N–H and O–H groups in total. The average molecular weight is 377 g/mol. The van der Waals surface area contributed by atoms with Crippen molar-refractivity contribution in [3.63, 3.8) is 0 Å². The first-order valence-corrected chi connectivity index (χ1v) is 9.61. The molecule has 1 atom stereocenters. The van der Waals surface area contributed by atoms with Gasteiger partial charge in [0.15, 0.2) is 0 Å². The van der Waals surface area contributed by atoms with Gasteiger partial charge in [-0.15, -0.1) is 0 Å². The molecule has 0 aliphatic rings. The second-order valence-corrected chi connectivity index (χ2v) is 6.90. The Bertz CT molecular complexity index is 932. The molecule has 2 heteroatoms. The first kappa shape index (κ1) is 18.7. The van der Waals surface area contributed by atoms with Gasteiger partial charge in [-0.2, -0.15) is 0 Å². The van der Waals surface area contributed by atoms with Crippen LogP contribution in [0.15, 0.2) is 121 Å². The number of carbonyl (C=O) groups excluding carboxylic acids is 1. The maximum absolute atomic E-state index is 11.6. The number of hydrogen-bond acceptors (Lipinski definition) is 2. The highest BCUT2D eigenvalue weighted by atomic mass is 16.5. The fourth-order valence-electron chi connectivity index (χ4n) is 4.14. The zero-order chi connectivity index (χ0) is 19.9. The third-order valence-electron chi connectivity index (χ3n) is 5.35. The standard InChI is InChI=1S/C27H21O2/c28-21-29-26(22-13-5-1-6-14-22)27(23-15-7-2-8-16-23,24-17-9-3-10-18-24)25-19-11-4-12-20-25/h1-20,26H. The van der Waals surface area contributed by atoms with Gasteiger partial charge in [0.05, 0.1) is 5.41 Å². The number of benzene rings is 4. The minimum absolute atomic E-state index is 0.589. The predicted octanol–water partition coefficient (Wildman–Crippen LogP) is 5.85.